The van der Waals surface area contributed by atoms with Gasteiger partial charge < -0.3 is 0 Å². The van der Waals surface area contributed by atoms with E-state index in [-0.39, 0.29) is 5.78 Å². The number of ketones is 1. The molecule has 0 atom stereocenters. The van der Waals surface area contributed by atoms with E-state index in [9.17, 15) is 13.2 Å². The maximum Gasteiger partial charge on any atom is 0.243 e. The van der Waals surface area contributed by atoms with Gasteiger partial charge in [0.2, 0.25) is 10.0 Å². The minimum atomic E-state index is -3.46. The van der Waals surface area contributed by atoms with E-state index < -0.39 is 10.0 Å². The monoisotopic (exact) mass is 291 g/mol. The zero-order valence-electron chi connectivity index (χ0n) is 11.5. The van der Waals surface area contributed by atoms with Gasteiger partial charge in [0.15, 0.2) is 5.78 Å². The average Bonchev–Trinajstić information content (AvgIpc) is 2.86. The minimum absolute atomic E-state index is 0.0502. The molecule has 0 saturated carbocycles. The molecule has 1 aromatic rings. The number of carbonyl (C=O) groups is 1. The summed E-state index contributed by atoms with van der Waals surface area (Å²) in [6.07, 6.45) is 4.95. The van der Waals surface area contributed by atoms with Gasteiger partial charge in [0.1, 0.15) is 0 Å². The van der Waals surface area contributed by atoms with Crippen LogP contribution in [0.1, 0.15) is 12.5 Å². The Bertz CT molecular complexity index is 670. The van der Waals surface area contributed by atoms with E-state index in [1.165, 1.54) is 17.3 Å². The van der Waals surface area contributed by atoms with E-state index >= 15 is 0 Å². The summed E-state index contributed by atoms with van der Waals surface area (Å²) in [7, 11) is -3.46. The van der Waals surface area contributed by atoms with Crippen LogP contribution in [0.15, 0.2) is 53.0 Å². The Hall–Kier alpha value is -1.72. The van der Waals surface area contributed by atoms with E-state index in [0.29, 0.717) is 18.0 Å². The zero-order valence-corrected chi connectivity index (χ0v) is 12.4. The maximum atomic E-state index is 12.4. The Morgan fingerprint density at radius 1 is 1.25 bits per heavy atom. The molecular formula is C15H17NO3S. The number of aryl methyl sites for hydroxylation is 1. The zero-order chi connectivity index (χ0) is 14.8. The lowest BCUT2D eigenvalue weighted by Crippen LogP contribution is -2.29. The number of carbonyl (C=O) groups excluding carboxylic acids is 1. The summed E-state index contributed by atoms with van der Waals surface area (Å²) >= 11 is 0. The molecule has 0 saturated heterocycles. The fourth-order valence-corrected chi connectivity index (χ4v) is 3.31. The van der Waals surface area contributed by atoms with Crippen molar-refractivity contribution in [2.24, 2.45) is 0 Å². The molecule has 0 radical (unpaired) electrons. The van der Waals surface area contributed by atoms with Gasteiger partial charge in [0.05, 0.1) is 4.90 Å². The molecule has 5 heteroatoms. The van der Waals surface area contributed by atoms with Crippen molar-refractivity contribution in [1.29, 1.82) is 0 Å². The highest BCUT2D eigenvalue weighted by atomic mass is 32.2. The topological polar surface area (TPSA) is 54.5 Å². The molecule has 0 N–H and O–H groups in total. The molecule has 1 aliphatic heterocycles. The Labute approximate surface area is 119 Å². The predicted octanol–water partition coefficient (Wildman–Crippen LogP) is 2.07. The van der Waals surface area contributed by atoms with Gasteiger partial charge in [0, 0.05) is 13.1 Å². The van der Waals surface area contributed by atoms with Gasteiger partial charge in [-0.15, -0.1) is 0 Å². The lowest BCUT2D eigenvalue weighted by Gasteiger charge is -2.16. The Kier molecular flexibility index (Phi) is 4.20. The summed E-state index contributed by atoms with van der Waals surface area (Å²) in [5.41, 5.74) is 1.87. The second kappa shape index (κ2) is 5.73. The van der Waals surface area contributed by atoms with E-state index in [1.54, 1.807) is 30.3 Å². The highest BCUT2D eigenvalue weighted by molar-refractivity contribution is 7.89. The van der Waals surface area contributed by atoms with Crippen molar-refractivity contribution in [2.45, 2.75) is 18.7 Å². The van der Waals surface area contributed by atoms with E-state index in [2.05, 4.69) is 0 Å². The van der Waals surface area contributed by atoms with Crippen molar-refractivity contribution < 1.29 is 13.2 Å². The first kappa shape index (κ1) is 14.7. The summed E-state index contributed by atoms with van der Waals surface area (Å²) in [5.74, 6) is -0.0502. The Morgan fingerprint density at radius 3 is 2.50 bits per heavy atom. The van der Waals surface area contributed by atoms with Crippen LogP contribution in [0.2, 0.25) is 0 Å². The summed E-state index contributed by atoms with van der Waals surface area (Å²) in [6, 6.07) is 6.81. The van der Waals surface area contributed by atoms with Crippen molar-refractivity contribution in [3.63, 3.8) is 0 Å². The summed E-state index contributed by atoms with van der Waals surface area (Å²) in [4.78, 5) is 11.2. The quantitative estimate of drug-likeness (QED) is 0.798. The van der Waals surface area contributed by atoms with Crippen molar-refractivity contribution in [2.75, 3.05) is 13.1 Å². The van der Waals surface area contributed by atoms with Crippen LogP contribution in [0, 0.1) is 6.92 Å². The van der Waals surface area contributed by atoms with Gasteiger partial charge in [-0.2, -0.15) is 4.31 Å². The van der Waals surface area contributed by atoms with Crippen molar-refractivity contribution >= 4 is 15.8 Å². The van der Waals surface area contributed by atoms with E-state index in [1.807, 2.05) is 13.0 Å². The molecule has 106 valence electrons. The largest absolute Gasteiger partial charge is 0.295 e. The third-order valence-corrected chi connectivity index (χ3v) is 4.93. The van der Waals surface area contributed by atoms with Crippen LogP contribution >= 0.6 is 0 Å². The molecule has 0 fully saturated rings. The van der Waals surface area contributed by atoms with Crippen molar-refractivity contribution in [3.8, 4) is 0 Å². The highest BCUT2D eigenvalue weighted by Crippen LogP contribution is 2.21. The second-order valence-corrected chi connectivity index (χ2v) is 6.77. The Balaban J connectivity index is 2.14. The lowest BCUT2D eigenvalue weighted by molar-refractivity contribution is -0.112. The maximum absolute atomic E-state index is 12.4. The third-order valence-electron chi connectivity index (χ3n) is 3.11. The van der Waals surface area contributed by atoms with Crippen molar-refractivity contribution in [1.82, 2.24) is 4.31 Å². The van der Waals surface area contributed by atoms with E-state index in [0.717, 1.165) is 11.1 Å². The van der Waals surface area contributed by atoms with Crippen LogP contribution in [0.3, 0.4) is 0 Å². The van der Waals surface area contributed by atoms with Crippen LogP contribution in [0.4, 0.5) is 0 Å². The third kappa shape index (κ3) is 3.23. The molecule has 0 amide bonds. The molecule has 0 aliphatic carbocycles. The smallest absolute Gasteiger partial charge is 0.243 e. The first-order valence-corrected chi connectivity index (χ1v) is 7.78. The minimum Gasteiger partial charge on any atom is -0.295 e. The highest BCUT2D eigenvalue weighted by Gasteiger charge is 2.27. The number of rotatable bonds is 4. The number of hydrogen-bond donors (Lipinski definition) is 0. The second-order valence-electron chi connectivity index (χ2n) is 4.83. The summed E-state index contributed by atoms with van der Waals surface area (Å²) in [5, 5.41) is 0. The molecule has 0 spiro atoms. The number of nitrogens with zero attached hydrogens (tertiary/aromatic N) is 1. The van der Waals surface area contributed by atoms with Crippen LogP contribution in [-0.4, -0.2) is 31.6 Å². The summed E-state index contributed by atoms with van der Waals surface area (Å²) < 4.78 is 26.3. The molecule has 20 heavy (non-hydrogen) atoms. The van der Waals surface area contributed by atoms with Crippen molar-refractivity contribution in [3.05, 3.63) is 53.6 Å². The Morgan fingerprint density at radius 2 is 1.90 bits per heavy atom. The van der Waals surface area contributed by atoms with Gasteiger partial charge in [-0.1, -0.05) is 29.8 Å². The molecule has 1 aromatic carbocycles. The molecular weight excluding hydrogens is 274 g/mol. The molecule has 4 nitrogen and oxygen atoms in total. The summed E-state index contributed by atoms with van der Waals surface area (Å²) in [6.45, 7) is 4.03. The first-order valence-electron chi connectivity index (χ1n) is 6.34. The van der Waals surface area contributed by atoms with Gasteiger partial charge in [-0.25, -0.2) is 8.42 Å². The van der Waals surface area contributed by atoms with Crippen LogP contribution in [0.5, 0.6) is 0 Å². The fourth-order valence-electron chi connectivity index (χ4n) is 1.94. The number of hydrogen-bond acceptors (Lipinski definition) is 3. The molecule has 0 unspecified atom stereocenters. The normalized spacial score (nSPS) is 16.6. The molecule has 0 aromatic heterocycles. The van der Waals surface area contributed by atoms with Crippen LogP contribution in [0.25, 0.3) is 0 Å². The van der Waals surface area contributed by atoms with Gasteiger partial charge >= 0.3 is 0 Å². The standard InChI is InChI=1S/C15H17NO3S/c1-12-3-7-15(8-4-12)20(18,19)16-10-9-14(11-16)6-5-13(2)17/h3-9H,10-11H2,1-2H3/b6-5+. The van der Waals surface area contributed by atoms with Gasteiger partial charge in [-0.05, 0) is 37.6 Å². The first-order chi connectivity index (χ1) is 9.39. The van der Waals surface area contributed by atoms with Crippen LogP contribution < -0.4 is 0 Å². The molecule has 0 bridgehead atoms. The van der Waals surface area contributed by atoms with Gasteiger partial charge in [0.25, 0.3) is 0 Å². The SMILES string of the molecule is CC(=O)/C=C/C1=CCN(S(=O)(=O)c2ccc(C)cc2)C1. The number of sulfonamides is 1. The molecule has 2 rings (SSSR count). The van der Waals surface area contributed by atoms with E-state index in [4.69, 9.17) is 0 Å². The fraction of sp³-hybridized carbons (Fsp3) is 0.267. The predicted molar refractivity (Wildman–Crippen MR) is 77.8 cm³/mol. The molecule has 1 heterocycles. The number of benzene rings is 1. The lowest BCUT2D eigenvalue weighted by atomic mass is 10.2. The van der Waals surface area contributed by atoms with Gasteiger partial charge in [-0.3, -0.25) is 4.79 Å². The van der Waals surface area contributed by atoms with Crippen LogP contribution in [-0.2, 0) is 14.8 Å². The molecule has 1 aliphatic rings. The number of allylic oxidation sites excluding steroid dienone is 1. The average molecular weight is 291 g/mol.